The Balaban J connectivity index is 1.29. The maximum absolute atomic E-state index is 14.3. The molecule has 6 rings (SSSR count). The quantitative estimate of drug-likeness (QED) is 0.497. The Labute approximate surface area is 220 Å². The molecule has 3 aliphatic rings. The van der Waals surface area contributed by atoms with E-state index in [0.29, 0.717) is 6.67 Å². The largest absolute Gasteiger partial charge is 0.369 e. The zero-order chi connectivity index (χ0) is 24.9. The first kappa shape index (κ1) is 23.4. The Hall–Kier alpha value is -3.00. The molecular weight excluding hydrogens is 492 g/mol. The third kappa shape index (κ3) is 3.69. The fourth-order valence-corrected chi connectivity index (χ4v) is 7.19. The lowest BCUT2D eigenvalue weighted by Gasteiger charge is -2.38. The summed E-state index contributed by atoms with van der Waals surface area (Å²) in [4.78, 5) is 34.9. The number of anilines is 3. The minimum Gasteiger partial charge on any atom is -0.369 e. The molecule has 3 heterocycles. The van der Waals surface area contributed by atoms with Crippen LogP contribution in [0.3, 0.4) is 0 Å². The van der Waals surface area contributed by atoms with Crippen molar-refractivity contribution in [2.24, 2.45) is 0 Å². The molecule has 8 heteroatoms. The van der Waals surface area contributed by atoms with Crippen molar-refractivity contribution >= 4 is 52.2 Å². The van der Waals surface area contributed by atoms with Gasteiger partial charge in [-0.1, -0.05) is 54.1 Å². The van der Waals surface area contributed by atoms with E-state index >= 15 is 0 Å². The Kier molecular flexibility index (Phi) is 5.94. The fraction of sp³-hybridized carbons (Fsp3) is 0.286. The second-order valence-corrected chi connectivity index (χ2v) is 11.4. The van der Waals surface area contributed by atoms with Crippen molar-refractivity contribution in [1.82, 2.24) is 4.90 Å². The molecule has 0 N–H and O–H groups in total. The van der Waals surface area contributed by atoms with Crippen molar-refractivity contribution in [2.75, 3.05) is 47.5 Å². The van der Waals surface area contributed by atoms with Crippen molar-refractivity contribution in [1.29, 1.82) is 0 Å². The van der Waals surface area contributed by atoms with Crippen LogP contribution in [0, 0.1) is 0 Å². The number of thioether (sulfide) groups is 1. The van der Waals surface area contributed by atoms with E-state index in [1.54, 1.807) is 4.90 Å². The van der Waals surface area contributed by atoms with Gasteiger partial charge in [-0.05, 0) is 43.3 Å². The van der Waals surface area contributed by atoms with E-state index < -0.39 is 4.87 Å². The lowest BCUT2D eigenvalue weighted by Crippen LogP contribution is -2.54. The number of hydrogen-bond acceptors (Lipinski definition) is 5. The first-order valence-corrected chi connectivity index (χ1v) is 13.5. The Bertz CT molecular complexity index is 1310. The van der Waals surface area contributed by atoms with Crippen molar-refractivity contribution in [2.45, 2.75) is 17.0 Å². The molecule has 0 aromatic heterocycles. The summed E-state index contributed by atoms with van der Waals surface area (Å²) in [5.74, 6) is -0.0844. The summed E-state index contributed by atoms with van der Waals surface area (Å²) in [5.41, 5.74) is 3.64. The van der Waals surface area contributed by atoms with Gasteiger partial charge in [0.15, 0.2) is 0 Å². The summed E-state index contributed by atoms with van der Waals surface area (Å²) in [6.07, 6.45) is 0. The van der Waals surface area contributed by atoms with E-state index in [2.05, 4.69) is 15.9 Å². The molecular formula is C28H27ClN4O2S. The number of benzene rings is 3. The number of rotatable bonds is 4. The van der Waals surface area contributed by atoms with Crippen LogP contribution in [0.15, 0.2) is 78.9 Å². The molecule has 2 fully saturated rings. The minimum atomic E-state index is -1.09. The summed E-state index contributed by atoms with van der Waals surface area (Å²) < 4.78 is 0. The molecule has 0 aliphatic carbocycles. The van der Waals surface area contributed by atoms with Gasteiger partial charge in [0.25, 0.3) is 5.91 Å². The third-order valence-corrected chi connectivity index (χ3v) is 8.94. The van der Waals surface area contributed by atoms with Gasteiger partial charge in [0.2, 0.25) is 10.8 Å². The van der Waals surface area contributed by atoms with Crippen molar-refractivity contribution in [3.63, 3.8) is 0 Å². The molecule has 2 unspecified atom stereocenters. The van der Waals surface area contributed by atoms with Gasteiger partial charge in [-0.15, -0.1) is 11.8 Å². The summed E-state index contributed by atoms with van der Waals surface area (Å²) in [6.45, 7) is 5.76. The molecule has 36 heavy (non-hydrogen) atoms. The topological polar surface area (TPSA) is 47.1 Å². The Morgan fingerprint density at radius 2 is 1.58 bits per heavy atom. The zero-order valence-corrected chi connectivity index (χ0v) is 21.6. The lowest BCUT2D eigenvalue weighted by molar-refractivity contribution is -0.124. The maximum Gasteiger partial charge on any atom is 0.269 e. The van der Waals surface area contributed by atoms with E-state index in [0.717, 1.165) is 53.8 Å². The number of nitrogens with zero attached hydrogens (tertiary/aromatic N) is 4. The number of halogens is 1. The predicted octanol–water partition coefficient (Wildman–Crippen LogP) is 4.79. The highest BCUT2D eigenvalue weighted by Crippen LogP contribution is 2.57. The lowest BCUT2D eigenvalue weighted by atomic mass is 10.0. The van der Waals surface area contributed by atoms with Crippen LogP contribution in [0.4, 0.5) is 17.1 Å². The summed E-state index contributed by atoms with van der Waals surface area (Å²) in [5, 5.41) is 0.420. The van der Waals surface area contributed by atoms with E-state index in [1.165, 1.54) is 11.8 Å². The highest BCUT2D eigenvalue weighted by atomic mass is 35.5. The zero-order valence-electron chi connectivity index (χ0n) is 20.0. The maximum atomic E-state index is 14.3. The van der Waals surface area contributed by atoms with Crippen LogP contribution in [-0.2, 0) is 14.5 Å². The number of hydrogen-bond donors (Lipinski definition) is 0. The molecule has 1 spiro atoms. The standard InChI is InChI=1S/C28H27ClN4O2S/c1-20-26(34)33(22-9-3-2-4-10-22)28(36-20)24-12-5-6-13-25(24)32(27(28)35)19-30-14-16-31(17-15-30)23-11-7-8-21(29)18-23/h2-13,18,20H,14-17,19H2,1H3. The molecule has 3 aliphatic heterocycles. The first-order valence-electron chi connectivity index (χ1n) is 12.2. The third-order valence-electron chi connectivity index (χ3n) is 7.23. The molecule has 2 saturated heterocycles. The molecule has 3 aromatic carbocycles. The predicted molar refractivity (Wildman–Crippen MR) is 147 cm³/mol. The molecule has 3 aromatic rings. The van der Waals surface area contributed by atoms with E-state index in [4.69, 9.17) is 11.6 Å². The van der Waals surface area contributed by atoms with Crippen LogP contribution >= 0.6 is 23.4 Å². The van der Waals surface area contributed by atoms with Crippen molar-refractivity contribution in [3.05, 3.63) is 89.4 Å². The summed E-state index contributed by atoms with van der Waals surface area (Å²) in [6, 6.07) is 25.4. The highest BCUT2D eigenvalue weighted by molar-refractivity contribution is 8.03. The van der Waals surface area contributed by atoms with Crippen LogP contribution in [0.1, 0.15) is 12.5 Å². The number of carbonyl (C=O) groups excluding carboxylic acids is 2. The minimum absolute atomic E-state index is 0.0358. The summed E-state index contributed by atoms with van der Waals surface area (Å²) in [7, 11) is 0. The molecule has 2 amide bonds. The molecule has 6 nitrogen and oxygen atoms in total. The average Bonchev–Trinajstić information content (AvgIpc) is 3.30. The van der Waals surface area contributed by atoms with Crippen LogP contribution in [0.25, 0.3) is 0 Å². The van der Waals surface area contributed by atoms with Crippen LogP contribution in [0.2, 0.25) is 5.02 Å². The molecule has 0 saturated carbocycles. The van der Waals surface area contributed by atoms with Gasteiger partial charge in [-0.3, -0.25) is 24.3 Å². The van der Waals surface area contributed by atoms with Crippen LogP contribution < -0.4 is 14.7 Å². The van der Waals surface area contributed by atoms with Crippen molar-refractivity contribution < 1.29 is 9.59 Å². The van der Waals surface area contributed by atoms with Gasteiger partial charge < -0.3 is 4.90 Å². The normalized spacial score (nSPS) is 24.2. The summed E-state index contributed by atoms with van der Waals surface area (Å²) >= 11 is 7.64. The number of piperazine rings is 1. The van der Waals surface area contributed by atoms with Gasteiger partial charge in [0.05, 0.1) is 17.6 Å². The molecule has 0 radical (unpaired) electrons. The van der Waals surface area contributed by atoms with E-state index in [9.17, 15) is 9.59 Å². The van der Waals surface area contributed by atoms with Gasteiger partial charge in [-0.2, -0.15) is 0 Å². The van der Waals surface area contributed by atoms with Gasteiger partial charge in [0.1, 0.15) is 0 Å². The van der Waals surface area contributed by atoms with Crippen LogP contribution in [-0.4, -0.2) is 54.8 Å². The Morgan fingerprint density at radius 1 is 0.889 bits per heavy atom. The van der Waals surface area contributed by atoms with Crippen LogP contribution in [0.5, 0.6) is 0 Å². The number of carbonyl (C=O) groups is 2. The highest BCUT2D eigenvalue weighted by Gasteiger charge is 2.63. The molecule has 184 valence electrons. The van der Waals surface area contributed by atoms with Gasteiger partial charge >= 0.3 is 0 Å². The van der Waals surface area contributed by atoms with E-state index in [-0.39, 0.29) is 17.1 Å². The number of fused-ring (bicyclic) bond motifs is 2. The number of para-hydroxylation sites is 2. The van der Waals surface area contributed by atoms with E-state index in [1.807, 2.05) is 84.6 Å². The molecule has 2 atom stereocenters. The fourth-order valence-electron chi connectivity index (χ4n) is 5.48. The SMILES string of the molecule is CC1SC2(C(=O)N(CN3CCN(c4cccc(Cl)c4)CC3)c3ccccc32)N(c2ccccc2)C1=O. The second kappa shape index (κ2) is 9.14. The first-order chi connectivity index (χ1) is 17.5. The molecule has 0 bridgehead atoms. The monoisotopic (exact) mass is 518 g/mol. The Morgan fingerprint density at radius 3 is 2.33 bits per heavy atom. The second-order valence-electron chi connectivity index (χ2n) is 9.39. The smallest absolute Gasteiger partial charge is 0.269 e. The average molecular weight is 519 g/mol. The van der Waals surface area contributed by atoms with Gasteiger partial charge in [-0.25, -0.2) is 0 Å². The number of amides is 2. The van der Waals surface area contributed by atoms with Crippen molar-refractivity contribution in [3.8, 4) is 0 Å². The van der Waals surface area contributed by atoms with Gasteiger partial charge in [0, 0.05) is 48.1 Å².